The van der Waals surface area contributed by atoms with Crippen LogP contribution in [0, 0.1) is 5.41 Å². The summed E-state index contributed by atoms with van der Waals surface area (Å²) < 4.78 is 1.79. The lowest BCUT2D eigenvalue weighted by atomic mass is 10.1. The number of fused-ring (bicyclic) bond motifs is 1. The first-order valence-corrected chi connectivity index (χ1v) is 4.52. The summed E-state index contributed by atoms with van der Waals surface area (Å²) in [7, 11) is 1.82. The molecule has 0 atom stereocenters. The molecular weight excluding hydrogens is 190 g/mol. The summed E-state index contributed by atoms with van der Waals surface area (Å²) in [5.74, 6) is 0.0331. The number of hydrogen-bond donors (Lipinski definition) is 2. The van der Waals surface area contributed by atoms with Gasteiger partial charge in [0.15, 0.2) is 6.29 Å². The minimum atomic E-state index is 0.0331. The molecule has 1 aromatic heterocycles. The lowest BCUT2D eigenvalue weighted by molar-refractivity contribution is 0.111. The third-order valence-corrected chi connectivity index (χ3v) is 2.51. The van der Waals surface area contributed by atoms with Crippen LogP contribution in [0.2, 0.25) is 0 Å². The second-order valence-corrected chi connectivity index (χ2v) is 3.43. The summed E-state index contributed by atoms with van der Waals surface area (Å²) in [6.07, 6.45) is 0.813. The van der Waals surface area contributed by atoms with Crippen molar-refractivity contribution in [3.05, 3.63) is 35.5 Å². The molecule has 0 unspecified atom stereocenters. The summed E-state index contributed by atoms with van der Waals surface area (Å²) in [5.41, 5.74) is 7.59. The highest BCUT2D eigenvalue weighted by Gasteiger charge is 2.06. The molecule has 0 amide bonds. The zero-order chi connectivity index (χ0) is 11.0. The van der Waals surface area contributed by atoms with E-state index >= 15 is 0 Å². The van der Waals surface area contributed by atoms with Gasteiger partial charge in [0.25, 0.3) is 0 Å². The summed E-state index contributed by atoms with van der Waals surface area (Å²) in [4.78, 5) is 10.7. The summed E-state index contributed by atoms with van der Waals surface area (Å²) >= 11 is 0. The average Bonchev–Trinajstić information content (AvgIpc) is 2.55. The molecule has 4 heteroatoms. The molecule has 2 aromatic rings. The van der Waals surface area contributed by atoms with Crippen molar-refractivity contribution in [3.8, 4) is 0 Å². The standard InChI is InChI=1S/C11H11N3O/c1-14-9(6-15)4-7-2-3-8(11(12)13)5-10(7)14/h2-6H,1H3,(H3,12,13). The molecule has 1 aromatic carbocycles. The number of nitrogens with two attached hydrogens (primary N) is 1. The Morgan fingerprint density at radius 3 is 2.80 bits per heavy atom. The number of carbonyl (C=O) groups is 1. The maximum absolute atomic E-state index is 10.7. The van der Waals surface area contributed by atoms with E-state index in [4.69, 9.17) is 11.1 Å². The molecule has 0 spiro atoms. The maximum atomic E-state index is 10.7. The van der Waals surface area contributed by atoms with Gasteiger partial charge in [0.05, 0.1) is 5.69 Å². The lowest BCUT2D eigenvalue weighted by Gasteiger charge is -2.01. The number of benzene rings is 1. The molecule has 0 aliphatic rings. The number of nitrogens with zero attached hydrogens (tertiary/aromatic N) is 1. The van der Waals surface area contributed by atoms with E-state index in [9.17, 15) is 4.79 Å². The van der Waals surface area contributed by atoms with Crippen LogP contribution in [0.4, 0.5) is 0 Å². The Morgan fingerprint density at radius 2 is 2.20 bits per heavy atom. The van der Waals surface area contributed by atoms with E-state index in [-0.39, 0.29) is 5.84 Å². The number of nitrogens with one attached hydrogen (secondary N) is 1. The molecule has 15 heavy (non-hydrogen) atoms. The molecule has 0 saturated heterocycles. The fraction of sp³-hybridized carbons (Fsp3) is 0.0909. The number of amidine groups is 1. The highest BCUT2D eigenvalue weighted by atomic mass is 16.1. The van der Waals surface area contributed by atoms with Gasteiger partial charge in [-0.15, -0.1) is 0 Å². The quantitative estimate of drug-likeness (QED) is 0.436. The second kappa shape index (κ2) is 3.24. The van der Waals surface area contributed by atoms with Crippen molar-refractivity contribution in [1.29, 1.82) is 5.41 Å². The van der Waals surface area contributed by atoms with Gasteiger partial charge in [-0.3, -0.25) is 10.2 Å². The number of carbonyl (C=O) groups excluding carboxylic acids is 1. The zero-order valence-electron chi connectivity index (χ0n) is 8.32. The smallest absolute Gasteiger partial charge is 0.166 e. The van der Waals surface area contributed by atoms with Crippen molar-refractivity contribution in [2.75, 3.05) is 0 Å². The Hall–Kier alpha value is -2.10. The van der Waals surface area contributed by atoms with Gasteiger partial charge in [0.2, 0.25) is 0 Å². The molecule has 1 heterocycles. The van der Waals surface area contributed by atoms with E-state index in [0.29, 0.717) is 11.3 Å². The van der Waals surface area contributed by atoms with Crippen LogP contribution < -0.4 is 5.73 Å². The summed E-state index contributed by atoms with van der Waals surface area (Å²) in [6.45, 7) is 0. The Labute approximate surface area is 86.8 Å². The Balaban J connectivity index is 2.75. The molecule has 76 valence electrons. The van der Waals surface area contributed by atoms with Crippen molar-refractivity contribution >= 4 is 23.0 Å². The Bertz CT molecular complexity index is 554. The number of hydrogen-bond acceptors (Lipinski definition) is 2. The van der Waals surface area contributed by atoms with Crippen molar-refractivity contribution in [2.45, 2.75) is 0 Å². The predicted molar refractivity (Wildman–Crippen MR) is 59.3 cm³/mol. The molecule has 0 radical (unpaired) electrons. The normalized spacial score (nSPS) is 10.5. The van der Waals surface area contributed by atoms with Crippen molar-refractivity contribution in [1.82, 2.24) is 4.57 Å². The molecule has 0 aliphatic carbocycles. The minimum absolute atomic E-state index is 0.0331. The van der Waals surface area contributed by atoms with Gasteiger partial charge < -0.3 is 10.3 Å². The number of aromatic nitrogens is 1. The SMILES string of the molecule is Cn1c(C=O)cc2ccc(C(=N)N)cc21. The number of aryl methyl sites for hydroxylation is 1. The van der Waals surface area contributed by atoms with Crippen LogP contribution in [0.3, 0.4) is 0 Å². The van der Waals surface area contributed by atoms with E-state index in [2.05, 4.69) is 0 Å². The van der Waals surface area contributed by atoms with Crippen LogP contribution in [0.1, 0.15) is 16.1 Å². The number of aldehydes is 1. The van der Waals surface area contributed by atoms with Gasteiger partial charge in [-0.05, 0) is 12.1 Å². The van der Waals surface area contributed by atoms with Gasteiger partial charge in [-0.1, -0.05) is 12.1 Å². The van der Waals surface area contributed by atoms with E-state index in [1.807, 2.05) is 25.2 Å². The molecule has 0 fully saturated rings. The molecule has 0 bridgehead atoms. The fourth-order valence-electron chi connectivity index (χ4n) is 1.63. The minimum Gasteiger partial charge on any atom is -0.384 e. The molecule has 4 nitrogen and oxygen atoms in total. The van der Waals surface area contributed by atoms with Crippen LogP contribution in [0.25, 0.3) is 10.9 Å². The number of rotatable bonds is 2. The van der Waals surface area contributed by atoms with Crippen LogP contribution in [0.15, 0.2) is 24.3 Å². The first kappa shape index (κ1) is 9.45. The Morgan fingerprint density at radius 1 is 1.47 bits per heavy atom. The Kier molecular flexibility index (Phi) is 2.04. The molecule has 0 aliphatic heterocycles. The average molecular weight is 201 g/mol. The fourth-order valence-corrected chi connectivity index (χ4v) is 1.63. The molecule has 3 N–H and O–H groups in total. The van der Waals surface area contributed by atoms with Crippen molar-refractivity contribution < 1.29 is 4.79 Å². The van der Waals surface area contributed by atoms with Crippen LogP contribution >= 0.6 is 0 Å². The van der Waals surface area contributed by atoms with E-state index in [1.54, 1.807) is 10.6 Å². The zero-order valence-corrected chi connectivity index (χ0v) is 8.32. The van der Waals surface area contributed by atoms with Gasteiger partial charge in [0.1, 0.15) is 5.84 Å². The first-order chi connectivity index (χ1) is 7.13. The largest absolute Gasteiger partial charge is 0.384 e. The van der Waals surface area contributed by atoms with Crippen LogP contribution in [0.5, 0.6) is 0 Å². The monoisotopic (exact) mass is 201 g/mol. The first-order valence-electron chi connectivity index (χ1n) is 4.52. The highest BCUT2D eigenvalue weighted by molar-refractivity contribution is 5.99. The van der Waals surface area contributed by atoms with Gasteiger partial charge in [0, 0.05) is 23.5 Å². The van der Waals surface area contributed by atoms with Crippen LogP contribution in [-0.4, -0.2) is 16.7 Å². The third kappa shape index (κ3) is 1.40. The highest BCUT2D eigenvalue weighted by Crippen LogP contribution is 2.19. The summed E-state index contributed by atoms with van der Waals surface area (Å²) in [6, 6.07) is 7.26. The van der Waals surface area contributed by atoms with Gasteiger partial charge >= 0.3 is 0 Å². The summed E-state index contributed by atoms with van der Waals surface area (Å²) in [5, 5.41) is 8.31. The lowest BCUT2D eigenvalue weighted by Crippen LogP contribution is -2.10. The maximum Gasteiger partial charge on any atom is 0.166 e. The van der Waals surface area contributed by atoms with Crippen molar-refractivity contribution in [3.63, 3.8) is 0 Å². The van der Waals surface area contributed by atoms with Gasteiger partial charge in [-0.2, -0.15) is 0 Å². The second-order valence-electron chi connectivity index (χ2n) is 3.43. The van der Waals surface area contributed by atoms with E-state index in [1.165, 1.54) is 0 Å². The van der Waals surface area contributed by atoms with Crippen LogP contribution in [-0.2, 0) is 7.05 Å². The third-order valence-electron chi connectivity index (χ3n) is 2.51. The number of nitrogen functional groups attached to an aromatic ring is 1. The van der Waals surface area contributed by atoms with E-state index in [0.717, 1.165) is 17.2 Å². The molecule has 2 rings (SSSR count). The topological polar surface area (TPSA) is 71.9 Å². The van der Waals surface area contributed by atoms with Gasteiger partial charge in [-0.25, -0.2) is 0 Å². The van der Waals surface area contributed by atoms with Crippen molar-refractivity contribution in [2.24, 2.45) is 12.8 Å². The molecular formula is C11H11N3O. The molecule has 0 saturated carbocycles. The predicted octanol–water partition coefficient (Wildman–Crippen LogP) is 1.27. The van der Waals surface area contributed by atoms with E-state index < -0.39 is 0 Å².